The monoisotopic (exact) mass is 320 g/mol. The smallest absolute Gasteiger partial charge is 0.334 e. The second-order valence-electron chi connectivity index (χ2n) is 6.74. The minimum Gasteiger partial charge on any atom is -0.461 e. The Kier molecular flexibility index (Phi) is 3.32. The Labute approximate surface area is 134 Å². The van der Waals surface area contributed by atoms with Crippen molar-refractivity contribution in [3.8, 4) is 0 Å². The van der Waals surface area contributed by atoms with Crippen LogP contribution in [-0.2, 0) is 19.1 Å². The van der Waals surface area contributed by atoms with E-state index in [2.05, 4.69) is 13.2 Å². The van der Waals surface area contributed by atoms with E-state index in [0.717, 1.165) is 0 Å². The Morgan fingerprint density at radius 2 is 2.04 bits per heavy atom. The zero-order chi connectivity index (χ0) is 17.2. The first kappa shape index (κ1) is 16.0. The van der Waals surface area contributed by atoms with Crippen LogP contribution in [0.3, 0.4) is 0 Å². The van der Waals surface area contributed by atoms with Crippen LogP contribution in [0.5, 0.6) is 0 Å². The molecule has 0 aromatic carbocycles. The summed E-state index contributed by atoms with van der Waals surface area (Å²) in [5, 5.41) is 21.7. The molecule has 1 saturated carbocycles. The minimum atomic E-state index is -1.54. The number of ether oxygens (including phenoxy) is 2. The third-order valence-electron chi connectivity index (χ3n) is 5.10. The molecular formula is C17H20O6. The van der Waals surface area contributed by atoms with Gasteiger partial charge in [-0.05, 0) is 18.6 Å². The summed E-state index contributed by atoms with van der Waals surface area (Å²) in [6.07, 6.45) is 1.55. The van der Waals surface area contributed by atoms with Gasteiger partial charge in [0, 0.05) is 18.9 Å². The van der Waals surface area contributed by atoms with Crippen molar-refractivity contribution < 1.29 is 29.3 Å². The fraction of sp³-hybridized carbons (Fsp3) is 0.529. The molecule has 0 aromatic rings. The van der Waals surface area contributed by atoms with Gasteiger partial charge in [0.2, 0.25) is 0 Å². The van der Waals surface area contributed by atoms with Crippen LogP contribution in [0.4, 0.5) is 0 Å². The summed E-state index contributed by atoms with van der Waals surface area (Å²) in [6, 6.07) is 0. The molecule has 1 saturated heterocycles. The van der Waals surface area contributed by atoms with Gasteiger partial charge in [0.15, 0.2) is 0 Å². The number of carbonyl (C=O) groups excluding carboxylic acids is 2. The summed E-state index contributed by atoms with van der Waals surface area (Å²) in [5.41, 5.74) is -2.34. The standard InChI is InChI=1S/C17H20O6/c1-8-7-11(22-10(3)18)12-9(2)15(19)23-13(12)14-16(4,20)5-6-17(8,14)21/h5-6,11-14,20-21H,1-2,7H2,3-4H3/t11-,12+,13-,14-,16+,17+/m0/s1. The molecule has 2 aliphatic carbocycles. The van der Waals surface area contributed by atoms with Crippen molar-refractivity contribution in [1.82, 2.24) is 0 Å². The number of rotatable bonds is 1. The van der Waals surface area contributed by atoms with Crippen molar-refractivity contribution in [2.75, 3.05) is 0 Å². The number of aliphatic hydroxyl groups is 2. The van der Waals surface area contributed by atoms with E-state index in [9.17, 15) is 19.8 Å². The van der Waals surface area contributed by atoms with E-state index in [1.165, 1.54) is 26.0 Å². The van der Waals surface area contributed by atoms with E-state index in [0.29, 0.717) is 5.57 Å². The average Bonchev–Trinajstić information content (AvgIpc) is 2.80. The zero-order valence-electron chi connectivity index (χ0n) is 13.1. The van der Waals surface area contributed by atoms with Gasteiger partial charge in [0.05, 0.1) is 17.4 Å². The van der Waals surface area contributed by atoms with Gasteiger partial charge in [0.1, 0.15) is 17.8 Å². The van der Waals surface area contributed by atoms with Crippen LogP contribution in [0.1, 0.15) is 20.3 Å². The molecule has 3 aliphatic rings. The van der Waals surface area contributed by atoms with Gasteiger partial charge in [0.25, 0.3) is 0 Å². The first-order chi connectivity index (χ1) is 10.6. The highest BCUT2D eigenvalue weighted by atomic mass is 16.6. The normalized spacial score (nSPS) is 45.3. The maximum absolute atomic E-state index is 12.0. The molecule has 0 bridgehead atoms. The van der Waals surface area contributed by atoms with E-state index in [-0.39, 0.29) is 12.0 Å². The van der Waals surface area contributed by atoms with Crippen LogP contribution >= 0.6 is 0 Å². The number of hydrogen-bond donors (Lipinski definition) is 2. The van der Waals surface area contributed by atoms with Crippen molar-refractivity contribution in [1.29, 1.82) is 0 Å². The molecule has 2 fully saturated rings. The second kappa shape index (κ2) is 4.79. The molecular weight excluding hydrogens is 300 g/mol. The van der Waals surface area contributed by atoms with Crippen LogP contribution in [-0.4, -0.2) is 45.6 Å². The van der Waals surface area contributed by atoms with Gasteiger partial charge in [-0.15, -0.1) is 0 Å². The van der Waals surface area contributed by atoms with Crippen LogP contribution in [0.2, 0.25) is 0 Å². The zero-order valence-corrected chi connectivity index (χ0v) is 13.1. The lowest BCUT2D eigenvalue weighted by molar-refractivity contribution is -0.155. The molecule has 0 unspecified atom stereocenters. The first-order valence-electron chi connectivity index (χ1n) is 7.48. The Morgan fingerprint density at radius 1 is 1.39 bits per heavy atom. The lowest BCUT2D eigenvalue weighted by atomic mass is 9.73. The summed E-state index contributed by atoms with van der Waals surface area (Å²) in [5.74, 6) is -2.57. The van der Waals surface area contributed by atoms with Gasteiger partial charge >= 0.3 is 11.9 Å². The molecule has 23 heavy (non-hydrogen) atoms. The van der Waals surface area contributed by atoms with Gasteiger partial charge in [-0.1, -0.05) is 19.2 Å². The fourth-order valence-corrected chi connectivity index (χ4v) is 4.05. The van der Waals surface area contributed by atoms with Crippen molar-refractivity contribution >= 4 is 11.9 Å². The van der Waals surface area contributed by atoms with Gasteiger partial charge in [-0.25, -0.2) is 4.79 Å². The molecule has 0 amide bonds. The van der Waals surface area contributed by atoms with E-state index in [1.54, 1.807) is 0 Å². The highest BCUT2D eigenvalue weighted by Gasteiger charge is 2.63. The molecule has 0 spiro atoms. The summed E-state index contributed by atoms with van der Waals surface area (Å²) in [6.45, 7) is 10.5. The van der Waals surface area contributed by atoms with Crippen LogP contribution in [0.15, 0.2) is 36.5 Å². The van der Waals surface area contributed by atoms with Crippen molar-refractivity contribution in [3.63, 3.8) is 0 Å². The largest absolute Gasteiger partial charge is 0.461 e. The quantitative estimate of drug-likeness (QED) is 0.418. The molecule has 3 rings (SSSR count). The van der Waals surface area contributed by atoms with E-state index in [1.807, 2.05) is 0 Å². The lowest BCUT2D eigenvalue weighted by Crippen LogP contribution is -2.51. The second-order valence-corrected chi connectivity index (χ2v) is 6.74. The molecule has 0 radical (unpaired) electrons. The van der Waals surface area contributed by atoms with Crippen molar-refractivity contribution in [3.05, 3.63) is 36.5 Å². The molecule has 1 aliphatic heterocycles. The average molecular weight is 320 g/mol. The predicted molar refractivity (Wildman–Crippen MR) is 80.0 cm³/mol. The third-order valence-corrected chi connectivity index (χ3v) is 5.10. The Balaban J connectivity index is 2.12. The Hall–Kier alpha value is -1.92. The minimum absolute atomic E-state index is 0.157. The number of fused-ring (bicyclic) bond motifs is 3. The van der Waals surface area contributed by atoms with E-state index in [4.69, 9.17) is 9.47 Å². The highest BCUT2D eigenvalue weighted by molar-refractivity contribution is 5.91. The molecule has 0 aromatic heterocycles. The van der Waals surface area contributed by atoms with Crippen molar-refractivity contribution in [2.45, 2.75) is 43.7 Å². The van der Waals surface area contributed by atoms with Gasteiger partial charge < -0.3 is 19.7 Å². The van der Waals surface area contributed by atoms with Crippen LogP contribution in [0, 0.1) is 11.8 Å². The maximum Gasteiger partial charge on any atom is 0.334 e. The molecule has 124 valence electrons. The Bertz CT molecular complexity index is 645. The van der Waals surface area contributed by atoms with Crippen molar-refractivity contribution in [2.24, 2.45) is 11.8 Å². The third kappa shape index (κ3) is 2.16. The highest BCUT2D eigenvalue weighted by Crippen LogP contribution is 2.53. The summed E-state index contributed by atoms with van der Waals surface area (Å²) >= 11 is 0. The molecule has 6 atom stereocenters. The summed E-state index contributed by atoms with van der Waals surface area (Å²) in [4.78, 5) is 23.4. The molecule has 6 heteroatoms. The lowest BCUT2D eigenvalue weighted by Gasteiger charge is -2.38. The summed E-state index contributed by atoms with van der Waals surface area (Å²) < 4.78 is 10.7. The molecule has 2 N–H and O–H groups in total. The van der Waals surface area contributed by atoms with Crippen LogP contribution in [0.25, 0.3) is 0 Å². The molecule has 6 nitrogen and oxygen atoms in total. The topological polar surface area (TPSA) is 93.1 Å². The SMILES string of the molecule is C=C1C(=O)O[C@H]2[C@H]1[C@@H](OC(C)=O)CC(=C)[C@]1(O)C=C[C@@](C)(O)[C@H]21. The van der Waals surface area contributed by atoms with E-state index < -0.39 is 47.2 Å². The number of carbonyl (C=O) groups is 2. The maximum atomic E-state index is 12.0. The predicted octanol–water partition coefficient (Wildman–Crippen LogP) is 0.644. The number of hydrogen-bond acceptors (Lipinski definition) is 6. The summed E-state index contributed by atoms with van der Waals surface area (Å²) in [7, 11) is 0. The number of esters is 2. The Morgan fingerprint density at radius 3 is 2.65 bits per heavy atom. The first-order valence-corrected chi connectivity index (χ1v) is 7.48. The van der Waals surface area contributed by atoms with E-state index >= 15 is 0 Å². The fourth-order valence-electron chi connectivity index (χ4n) is 4.05. The van der Waals surface area contributed by atoms with Gasteiger partial charge in [-0.3, -0.25) is 4.79 Å². The van der Waals surface area contributed by atoms with Gasteiger partial charge in [-0.2, -0.15) is 0 Å². The van der Waals surface area contributed by atoms with Crippen LogP contribution < -0.4 is 0 Å². The molecule has 1 heterocycles.